The molecule has 0 unspecified atom stereocenters. The Morgan fingerprint density at radius 2 is 1.96 bits per heavy atom. The standard InChI is InChI=1S/C20H21N5O2/c1-24-11-17(10-22-24)15-7-18(19-16(8-21)9-23-25(19)12-15)13-3-5-14(6-4-13)20(26)27-2/h7,9-14H,3-6H2,1-2H3. The minimum atomic E-state index is -0.121. The second-order valence-corrected chi connectivity index (χ2v) is 7.12. The molecule has 0 atom stereocenters. The van der Waals surface area contributed by atoms with E-state index >= 15 is 0 Å². The Bertz CT molecular complexity index is 1030. The summed E-state index contributed by atoms with van der Waals surface area (Å²) >= 11 is 0. The van der Waals surface area contributed by atoms with Gasteiger partial charge < -0.3 is 4.74 Å². The molecule has 138 valence electrons. The van der Waals surface area contributed by atoms with Gasteiger partial charge in [-0.05, 0) is 43.2 Å². The van der Waals surface area contributed by atoms with Crippen LogP contribution in [0.25, 0.3) is 16.6 Å². The van der Waals surface area contributed by atoms with Gasteiger partial charge in [0.25, 0.3) is 0 Å². The maximum atomic E-state index is 11.8. The molecule has 4 rings (SSSR count). The van der Waals surface area contributed by atoms with Crippen LogP contribution in [0.1, 0.15) is 42.7 Å². The van der Waals surface area contributed by atoms with E-state index in [1.807, 2.05) is 25.6 Å². The number of carbonyl (C=O) groups is 1. The Morgan fingerprint density at radius 1 is 1.19 bits per heavy atom. The fourth-order valence-corrected chi connectivity index (χ4v) is 4.08. The van der Waals surface area contributed by atoms with Crippen LogP contribution in [-0.4, -0.2) is 32.5 Å². The van der Waals surface area contributed by atoms with Crippen LogP contribution >= 0.6 is 0 Å². The number of hydrogen-bond donors (Lipinski definition) is 0. The topological polar surface area (TPSA) is 85.2 Å². The summed E-state index contributed by atoms with van der Waals surface area (Å²) in [5, 5.41) is 18.2. The smallest absolute Gasteiger partial charge is 0.308 e. The van der Waals surface area contributed by atoms with Gasteiger partial charge in [0, 0.05) is 30.6 Å². The largest absolute Gasteiger partial charge is 0.469 e. The summed E-state index contributed by atoms with van der Waals surface area (Å²) in [6.45, 7) is 0. The van der Waals surface area contributed by atoms with Gasteiger partial charge in [-0.3, -0.25) is 9.48 Å². The zero-order chi connectivity index (χ0) is 19.0. The lowest BCUT2D eigenvalue weighted by Gasteiger charge is -2.28. The molecule has 0 amide bonds. The van der Waals surface area contributed by atoms with Gasteiger partial charge in [-0.1, -0.05) is 0 Å². The molecule has 0 aliphatic heterocycles. The lowest BCUT2D eigenvalue weighted by Crippen LogP contribution is -2.22. The van der Waals surface area contributed by atoms with E-state index in [9.17, 15) is 10.1 Å². The molecule has 7 heteroatoms. The summed E-state index contributed by atoms with van der Waals surface area (Å²) in [6, 6.07) is 4.41. The number of methoxy groups -OCH3 is 1. The lowest BCUT2D eigenvalue weighted by molar-refractivity contribution is -0.146. The quantitative estimate of drug-likeness (QED) is 0.668. The van der Waals surface area contributed by atoms with Gasteiger partial charge in [-0.25, -0.2) is 4.52 Å². The molecule has 0 N–H and O–H groups in total. The van der Waals surface area contributed by atoms with Crippen molar-refractivity contribution in [3.8, 4) is 17.2 Å². The number of carbonyl (C=O) groups excluding carboxylic acids is 1. The first-order valence-corrected chi connectivity index (χ1v) is 9.09. The SMILES string of the molecule is COC(=O)C1CCC(c2cc(-c3cnn(C)c3)cn3ncc(C#N)c23)CC1. The zero-order valence-electron chi connectivity index (χ0n) is 15.4. The van der Waals surface area contributed by atoms with E-state index in [0.29, 0.717) is 5.56 Å². The van der Waals surface area contributed by atoms with Gasteiger partial charge in [0.1, 0.15) is 6.07 Å². The third-order valence-electron chi connectivity index (χ3n) is 5.50. The average Bonchev–Trinajstić information content (AvgIpc) is 3.32. The summed E-state index contributed by atoms with van der Waals surface area (Å²) in [7, 11) is 3.33. The average molecular weight is 363 g/mol. The number of hydrogen-bond acceptors (Lipinski definition) is 5. The molecule has 7 nitrogen and oxygen atoms in total. The molecule has 27 heavy (non-hydrogen) atoms. The van der Waals surface area contributed by atoms with Crippen molar-refractivity contribution in [1.82, 2.24) is 19.4 Å². The molecule has 1 aliphatic carbocycles. The second kappa shape index (κ2) is 6.88. The minimum Gasteiger partial charge on any atom is -0.469 e. The van der Waals surface area contributed by atoms with E-state index in [1.54, 1.807) is 15.4 Å². The van der Waals surface area contributed by atoms with Gasteiger partial charge in [-0.15, -0.1) is 0 Å². The molecule has 1 aliphatic rings. The maximum absolute atomic E-state index is 11.8. The van der Waals surface area contributed by atoms with Crippen molar-refractivity contribution < 1.29 is 9.53 Å². The summed E-state index contributed by atoms with van der Waals surface area (Å²) in [4.78, 5) is 11.8. The van der Waals surface area contributed by atoms with Gasteiger partial charge in [0.15, 0.2) is 0 Å². The Hall–Kier alpha value is -3.14. The van der Waals surface area contributed by atoms with Crippen LogP contribution in [0.15, 0.2) is 30.9 Å². The van der Waals surface area contributed by atoms with E-state index in [4.69, 9.17) is 4.74 Å². The molecule has 3 heterocycles. The van der Waals surface area contributed by atoms with E-state index in [-0.39, 0.29) is 17.8 Å². The van der Waals surface area contributed by atoms with Gasteiger partial charge in [0.2, 0.25) is 0 Å². The summed E-state index contributed by atoms with van der Waals surface area (Å²) < 4.78 is 8.46. The zero-order valence-corrected chi connectivity index (χ0v) is 15.4. The summed E-state index contributed by atoms with van der Waals surface area (Å²) in [5.74, 6) is 0.141. The van der Waals surface area contributed by atoms with E-state index < -0.39 is 0 Å². The highest BCUT2D eigenvalue weighted by Crippen LogP contribution is 2.40. The molecule has 0 saturated heterocycles. The second-order valence-electron chi connectivity index (χ2n) is 7.12. The molecule has 3 aromatic rings. The van der Waals surface area contributed by atoms with Crippen LogP contribution in [0.4, 0.5) is 0 Å². The number of rotatable bonds is 3. The molecular weight excluding hydrogens is 342 g/mol. The fourth-order valence-electron chi connectivity index (χ4n) is 4.08. The molecule has 0 spiro atoms. The van der Waals surface area contributed by atoms with Gasteiger partial charge in [-0.2, -0.15) is 15.5 Å². The maximum Gasteiger partial charge on any atom is 0.308 e. The minimum absolute atomic E-state index is 0.0240. The Morgan fingerprint density at radius 3 is 2.59 bits per heavy atom. The fraction of sp³-hybridized carbons (Fsp3) is 0.400. The predicted octanol–water partition coefficient (Wildman–Crippen LogP) is 3.05. The number of nitrogens with zero attached hydrogens (tertiary/aromatic N) is 5. The van der Waals surface area contributed by atoms with Crippen molar-refractivity contribution >= 4 is 11.5 Å². The van der Waals surface area contributed by atoms with Crippen LogP contribution < -0.4 is 0 Å². The Kier molecular flexibility index (Phi) is 4.40. The monoisotopic (exact) mass is 363 g/mol. The van der Waals surface area contributed by atoms with Gasteiger partial charge in [0.05, 0.1) is 36.5 Å². The third-order valence-corrected chi connectivity index (χ3v) is 5.50. The molecule has 0 aromatic carbocycles. The highest BCUT2D eigenvalue weighted by molar-refractivity contribution is 5.74. The molecular formula is C20H21N5O2. The van der Waals surface area contributed by atoms with E-state index in [1.165, 1.54) is 7.11 Å². The van der Waals surface area contributed by atoms with Crippen molar-refractivity contribution in [3.05, 3.63) is 42.0 Å². The molecule has 0 radical (unpaired) electrons. The van der Waals surface area contributed by atoms with Gasteiger partial charge >= 0.3 is 5.97 Å². The number of nitriles is 1. The first-order chi connectivity index (χ1) is 13.1. The normalized spacial score (nSPS) is 19.7. The molecule has 1 fully saturated rings. The van der Waals surface area contributed by atoms with Crippen molar-refractivity contribution in [2.75, 3.05) is 7.11 Å². The number of fused-ring (bicyclic) bond motifs is 1. The number of aromatic nitrogens is 4. The third kappa shape index (κ3) is 3.08. The van der Waals surface area contributed by atoms with Crippen LogP contribution in [0, 0.1) is 17.2 Å². The number of pyridine rings is 1. The van der Waals surface area contributed by atoms with Crippen molar-refractivity contribution in [2.24, 2.45) is 13.0 Å². The first kappa shape index (κ1) is 17.3. The first-order valence-electron chi connectivity index (χ1n) is 9.09. The van der Waals surface area contributed by atoms with Crippen molar-refractivity contribution in [3.63, 3.8) is 0 Å². The Labute approximate surface area is 157 Å². The van der Waals surface area contributed by atoms with E-state index in [0.717, 1.165) is 47.9 Å². The molecule has 3 aromatic heterocycles. The Balaban J connectivity index is 1.75. The van der Waals surface area contributed by atoms with Crippen molar-refractivity contribution in [2.45, 2.75) is 31.6 Å². The van der Waals surface area contributed by atoms with Crippen LogP contribution in [0.5, 0.6) is 0 Å². The number of ether oxygens (including phenoxy) is 1. The summed E-state index contributed by atoms with van der Waals surface area (Å²) in [5.41, 5.74) is 4.60. The molecule has 1 saturated carbocycles. The predicted molar refractivity (Wildman–Crippen MR) is 98.8 cm³/mol. The van der Waals surface area contributed by atoms with Crippen LogP contribution in [0.2, 0.25) is 0 Å². The number of aryl methyl sites for hydroxylation is 1. The van der Waals surface area contributed by atoms with Crippen molar-refractivity contribution in [1.29, 1.82) is 5.26 Å². The van der Waals surface area contributed by atoms with Crippen LogP contribution in [-0.2, 0) is 16.6 Å². The lowest BCUT2D eigenvalue weighted by atomic mass is 9.78. The highest BCUT2D eigenvalue weighted by atomic mass is 16.5. The van der Waals surface area contributed by atoms with Crippen LogP contribution in [0.3, 0.4) is 0 Å². The number of esters is 1. The van der Waals surface area contributed by atoms with E-state index in [2.05, 4.69) is 22.3 Å². The molecule has 0 bridgehead atoms. The summed E-state index contributed by atoms with van der Waals surface area (Å²) in [6.07, 6.45) is 10.7. The highest BCUT2D eigenvalue weighted by Gasteiger charge is 2.29.